The highest BCUT2D eigenvalue weighted by atomic mass is 16.5. The second kappa shape index (κ2) is 5.96. The first-order valence-corrected chi connectivity index (χ1v) is 7.83. The van der Waals surface area contributed by atoms with E-state index in [0.717, 1.165) is 5.75 Å². The maximum Gasteiger partial charge on any atom is 0.120 e. The fourth-order valence-corrected chi connectivity index (χ4v) is 3.54. The average molecular weight is 259 g/mol. The number of nitrogens with one attached hydrogen (secondary N) is 1. The van der Waals surface area contributed by atoms with Crippen LogP contribution in [-0.4, -0.2) is 13.2 Å². The van der Waals surface area contributed by atoms with Gasteiger partial charge in [0.1, 0.15) is 5.75 Å². The number of benzene rings is 1. The fraction of sp³-hybridized carbons (Fsp3) is 0.647. The van der Waals surface area contributed by atoms with Crippen molar-refractivity contribution in [2.75, 3.05) is 7.05 Å². The molecule has 0 radical (unpaired) electrons. The molecule has 1 aromatic carbocycles. The summed E-state index contributed by atoms with van der Waals surface area (Å²) in [5.41, 5.74) is 2.96. The van der Waals surface area contributed by atoms with Gasteiger partial charge in [-0.1, -0.05) is 12.5 Å². The molecule has 3 rings (SSSR count). The summed E-state index contributed by atoms with van der Waals surface area (Å²) >= 11 is 0. The van der Waals surface area contributed by atoms with Gasteiger partial charge in [-0.25, -0.2) is 0 Å². The van der Waals surface area contributed by atoms with E-state index in [1.165, 1.54) is 62.5 Å². The molecule has 0 amide bonds. The normalized spacial score (nSPS) is 23.9. The topological polar surface area (TPSA) is 21.3 Å². The molecular weight excluding hydrogens is 234 g/mol. The Bertz CT molecular complexity index is 423. The summed E-state index contributed by atoms with van der Waals surface area (Å²) in [4.78, 5) is 0. The molecule has 0 spiro atoms. The van der Waals surface area contributed by atoms with Gasteiger partial charge in [0.05, 0.1) is 6.10 Å². The summed E-state index contributed by atoms with van der Waals surface area (Å²) in [5, 5.41) is 3.42. The predicted molar refractivity (Wildman–Crippen MR) is 78.7 cm³/mol. The van der Waals surface area contributed by atoms with Gasteiger partial charge in [0, 0.05) is 6.04 Å². The molecule has 2 aliphatic carbocycles. The summed E-state index contributed by atoms with van der Waals surface area (Å²) in [6, 6.07) is 7.26. The third kappa shape index (κ3) is 2.94. The van der Waals surface area contributed by atoms with E-state index in [1.807, 2.05) is 0 Å². The maximum absolute atomic E-state index is 6.17. The number of rotatable bonds is 3. The monoisotopic (exact) mass is 259 g/mol. The summed E-state index contributed by atoms with van der Waals surface area (Å²) < 4.78 is 6.17. The molecule has 1 N–H and O–H groups in total. The number of hydrogen-bond acceptors (Lipinski definition) is 2. The Labute approximate surface area is 116 Å². The third-order valence-electron chi connectivity index (χ3n) is 4.63. The van der Waals surface area contributed by atoms with Crippen molar-refractivity contribution in [1.29, 1.82) is 0 Å². The van der Waals surface area contributed by atoms with Crippen LogP contribution in [0.3, 0.4) is 0 Å². The Morgan fingerprint density at radius 2 is 1.89 bits per heavy atom. The second-order valence-corrected chi connectivity index (χ2v) is 5.97. The average Bonchev–Trinajstić information content (AvgIpc) is 2.47. The van der Waals surface area contributed by atoms with Crippen LogP contribution in [0.2, 0.25) is 0 Å². The summed E-state index contributed by atoms with van der Waals surface area (Å²) in [5.74, 6) is 1.09. The SMILES string of the molecule is CNC1CCCc2cc(OC3CCCCC3)ccc21. The zero-order chi connectivity index (χ0) is 13.1. The van der Waals surface area contributed by atoms with Crippen LogP contribution in [0.1, 0.15) is 62.1 Å². The Morgan fingerprint density at radius 1 is 1.05 bits per heavy atom. The molecule has 0 aliphatic heterocycles. The van der Waals surface area contributed by atoms with E-state index in [1.54, 1.807) is 0 Å². The van der Waals surface area contributed by atoms with E-state index < -0.39 is 0 Å². The standard InChI is InChI=1S/C17H25NO/c1-18-17-9-5-6-13-12-15(10-11-16(13)17)19-14-7-3-2-4-8-14/h10-12,14,17-18H,2-9H2,1H3. The molecule has 2 aliphatic rings. The first-order valence-electron chi connectivity index (χ1n) is 7.83. The lowest BCUT2D eigenvalue weighted by Crippen LogP contribution is -2.22. The highest BCUT2D eigenvalue weighted by Crippen LogP contribution is 2.33. The van der Waals surface area contributed by atoms with Crippen molar-refractivity contribution in [3.63, 3.8) is 0 Å². The molecule has 1 atom stereocenters. The van der Waals surface area contributed by atoms with Crippen LogP contribution in [-0.2, 0) is 6.42 Å². The Hall–Kier alpha value is -1.02. The highest BCUT2D eigenvalue weighted by molar-refractivity contribution is 5.39. The van der Waals surface area contributed by atoms with Crippen molar-refractivity contribution >= 4 is 0 Å². The number of ether oxygens (including phenoxy) is 1. The molecule has 19 heavy (non-hydrogen) atoms. The minimum atomic E-state index is 0.454. The van der Waals surface area contributed by atoms with Crippen molar-refractivity contribution < 1.29 is 4.74 Å². The third-order valence-corrected chi connectivity index (χ3v) is 4.63. The van der Waals surface area contributed by atoms with Gasteiger partial charge in [0.25, 0.3) is 0 Å². The molecule has 1 fully saturated rings. The minimum absolute atomic E-state index is 0.454. The maximum atomic E-state index is 6.17. The number of aryl methyl sites for hydroxylation is 1. The largest absolute Gasteiger partial charge is 0.490 e. The van der Waals surface area contributed by atoms with E-state index >= 15 is 0 Å². The molecule has 0 saturated heterocycles. The molecule has 104 valence electrons. The zero-order valence-electron chi connectivity index (χ0n) is 12.0. The zero-order valence-corrected chi connectivity index (χ0v) is 12.0. The van der Waals surface area contributed by atoms with Gasteiger partial charge in [-0.3, -0.25) is 0 Å². The van der Waals surface area contributed by atoms with Gasteiger partial charge in [-0.15, -0.1) is 0 Å². The van der Waals surface area contributed by atoms with Crippen molar-refractivity contribution in [1.82, 2.24) is 5.32 Å². The fourth-order valence-electron chi connectivity index (χ4n) is 3.54. The Morgan fingerprint density at radius 3 is 2.68 bits per heavy atom. The molecule has 1 aromatic rings. The lowest BCUT2D eigenvalue weighted by Gasteiger charge is -2.27. The smallest absolute Gasteiger partial charge is 0.120 e. The lowest BCUT2D eigenvalue weighted by molar-refractivity contribution is 0.155. The lowest BCUT2D eigenvalue weighted by atomic mass is 9.87. The van der Waals surface area contributed by atoms with Crippen LogP contribution < -0.4 is 10.1 Å². The van der Waals surface area contributed by atoms with E-state index in [0.29, 0.717) is 12.1 Å². The van der Waals surface area contributed by atoms with Gasteiger partial charge in [0.15, 0.2) is 0 Å². The Kier molecular flexibility index (Phi) is 4.07. The van der Waals surface area contributed by atoms with Gasteiger partial charge in [-0.05, 0) is 75.3 Å². The van der Waals surface area contributed by atoms with Crippen LogP contribution in [0.25, 0.3) is 0 Å². The number of fused-ring (bicyclic) bond motifs is 1. The van der Waals surface area contributed by atoms with E-state index in [9.17, 15) is 0 Å². The highest BCUT2D eigenvalue weighted by Gasteiger charge is 2.20. The van der Waals surface area contributed by atoms with Gasteiger partial charge in [-0.2, -0.15) is 0 Å². The first kappa shape index (κ1) is 13.0. The minimum Gasteiger partial charge on any atom is -0.490 e. The van der Waals surface area contributed by atoms with Crippen LogP contribution in [0.15, 0.2) is 18.2 Å². The molecule has 0 heterocycles. The van der Waals surface area contributed by atoms with E-state index in [-0.39, 0.29) is 0 Å². The molecule has 0 bridgehead atoms. The van der Waals surface area contributed by atoms with Gasteiger partial charge in [0.2, 0.25) is 0 Å². The molecule has 1 saturated carbocycles. The summed E-state index contributed by atoms with van der Waals surface area (Å²) in [6.07, 6.45) is 10.7. The predicted octanol–water partition coefficient (Wildman–Crippen LogP) is 3.99. The van der Waals surface area contributed by atoms with Gasteiger partial charge >= 0.3 is 0 Å². The van der Waals surface area contributed by atoms with Crippen molar-refractivity contribution in [3.8, 4) is 5.75 Å². The molecular formula is C17H25NO. The quantitative estimate of drug-likeness (QED) is 0.886. The number of hydrogen-bond donors (Lipinski definition) is 1. The summed E-state index contributed by atoms with van der Waals surface area (Å²) in [7, 11) is 2.06. The van der Waals surface area contributed by atoms with Crippen molar-refractivity contribution in [2.24, 2.45) is 0 Å². The second-order valence-electron chi connectivity index (χ2n) is 5.97. The first-order chi connectivity index (χ1) is 9.36. The molecule has 0 aromatic heterocycles. The van der Waals surface area contributed by atoms with E-state index in [4.69, 9.17) is 4.74 Å². The summed E-state index contributed by atoms with van der Waals surface area (Å²) in [6.45, 7) is 0. The van der Waals surface area contributed by atoms with E-state index in [2.05, 4.69) is 30.6 Å². The molecule has 2 nitrogen and oxygen atoms in total. The molecule has 2 heteroatoms. The van der Waals surface area contributed by atoms with Crippen LogP contribution in [0.4, 0.5) is 0 Å². The van der Waals surface area contributed by atoms with Crippen molar-refractivity contribution in [2.45, 2.75) is 63.5 Å². The van der Waals surface area contributed by atoms with Crippen molar-refractivity contribution in [3.05, 3.63) is 29.3 Å². The van der Waals surface area contributed by atoms with Crippen LogP contribution in [0.5, 0.6) is 5.75 Å². The van der Waals surface area contributed by atoms with Crippen LogP contribution >= 0.6 is 0 Å². The Balaban J connectivity index is 1.73. The molecule has 1 unspecified atom stereocenters. The van der Waals surface area contributed by atoms with Gasteiger partial charge < -0.3 is 10.1 Å². The van der Waals surface area contributed by atoms with Crippen LogP contribution in [0, 0.1) is 0 Å².